The lowest BCUT2D eigenvalue weighted by atomic mass is 9.82. The van der Waals surface area contributed by atoms with Gasteiger partial charge in [0, 0.05) is 6.54 Å². The predicted molar refractivity (Wildman–Crippen MR) is 77.2 cm³/mol. The van der Waals surface area contributed by atoms with E-state index in [-0.39, 0.29) is 0 Å². The van der Waals surface area contributed by atoms with E-state index in [1.807, 2.05) is 19.1 Å². The third kappa shape index (κ3) is 3.66. The van der Waals surface area contributed by atoms with E-state index in [2.05, 4.69) is 24.4 Å². The minimum absolute atomic E-state index is 0.721. The van der Waals surface area contributed by atoms with Gasteiger partial charge in [-0.1, -0.05) is 31.9 Å². The van der Waals surface area contributed by atoms with Crippen LogP contribution in [-0.4, -0.2) is 13.2 Å². The Morgan fingerprint density at radius 1 is 1.28 bits per heavy atom. The van der Waals surface area contributed by atoms with Gasteiger partial charge in [0.25, 0.3) is 0 Å². The Morgan fingerprint density at radius 3 is 2.89 bits per heavy atom. The molecule has 1 aromatic carbocycles. The molecule has 100 valence electrons. The zero-order valence-electron chi connectivity index (χ0n) is 11.6. The fourth-order valence-corrected chi connectivity index (χ4v) is 2.89. The lowest BCUT2D eigenvalue weighted by molar-refractivity contribution is 0.293. The quantitative estimate of drug-likeness (QED) is 0.836. The molecule has 0 heterocycles. The highest BCUT2D eigenvalue weighted by Gasteiger charge is 2.18. The van der Waals surface area contributed by atoms with E-state index < -0.39 is 0 Å². The second-order valence-corrected chi connectivity index (χ2v) is 5.45. The number of hydrogen-bond donors (Lipinski definition) is 1. The fourth-order valence-electron chi connectivity index (χ4n) is 2.89. The molecule has 1 aliphatic carbocycles. The van der Waals surface area contributed by atoms with Crippen molar-refractivity contribution in [1.29, 1.82) is 0 Å². The van der Waals surface area contributed by atoms with E-state index in [1.54, 1.807) is 0 Å². The van der Waals surface area contributed by atoms with Crippen LogP contribution < -0.4 is 10.1 Å². The summed E-state index contributed by atoms with van der Waals surface area (Å²) in [6.45, 7) is 6.20. The number of rotatable bonds is 5. The number of nitrogens with one attached hydrogen (secondary N) is 1. The summed E-state index contributed by atoms with van der Waals surface area (Å²) in [5, 5.41) is 3.56. The van der Waals surface area contributed by atoms with Gasteiger partial charge < -0.3 is 10.1 Å². The second kappa shape index (κ2) is 6.67. The Labute approximate surface area is 111 Å². The Kier molecular flexibility index (Phi) is 4.91. The minimum Gasteiger partial charge on any atom is -0.492 e. The Hall–Kier alpha value is -1.18. The van der Waals surface area contributed by atoms with Gasteiger partial charge in [0.1, 0.15) is 5.75 Å². The standard InChI is InChI=1S/C16H25NO/c1-3-18-16-10-5-4-9-15(16)17-12-14-8-6-7-13(2)11-14/h4-5,9-10,13-14,17H,3,6-8,11-12H2,1-2H3. The van der Waals surface area contributed by atoms with Crippen LogP contribution in [0.5, 0.6) is 5.75 Å². The summed E-state index contributed by atoms with van der Waals surface area (Å²) in [5.41, 5.74) is 1.14. The van der Waals surface area contributed by atoms with Gasteiger partial charge in [0.05, 0.1) is 12.3 Å². The van der Waals surface area contributed by atoms with Crippen LogP contribution in [0.25, 0.3) is 0 Å². The van der Waals surface area contributed by atoms with Gasteiger partial charge >= 0.3 is 0 Å². The number of ether oxygens (including phenoxy) is 1. The summed E-state index contributed by atoms with van der Waals surface area (Å²) in [7, 11) is 0. The first-order valence-electron chi connectivity index (χ1n) is 7.25. The average molecular weight is 247 g/mol. The monoisotopic (exact) mass is 247 g/mol. The van der Waals surface area contributed by atoms with Crippen molar-refractivity contribution in [2.75, 3.05) is 18.5 Å². The largest absolute Gasteiger partial charge is 0.492 e. The van der Waals surface area contributed by atoms with Crippen molar-refractivity contribution in [3.05, 3.63) is 24.3 Å². The molecule has 2 nitrogen and oxygen atoms in total. The molecule has 2 heteroatoms. The number of hydrogen-bond acceptors (Lipinski definition) is 2. The zero-order valence-corrected chi connectivity index (χ0v) is 11.6. The maximum Gasteiger partial charge on any atom is 0.142 e. The van der Waals surface area contributed by atoms with Gasteiger partial charge in [-0.3, -0.25) is 0 Å². The fraction of sp³-hybridized carbons (Fsp3) is 0.625. The van der Waals surface area contributed by atoms with Gasteiger partial charge in [-0.25, -0.2) is 0 Å². The third-order valence-corrected chi connectivity index (χ3v) is 3.81. The summed E-state index contributed by atoms with van der Waals surface area (Å²) < 4.78 is 5.64. The molecule has 1 N–H and O–H groups in total. The molecule has 2 unspecified atom stereocenters. The predicted octanol–water partition coefficient (Wildman–Crippen LogP) is 4.32. The van der Waals surface area contributed by atoms with E-state index in [9.17, 15) is 0 Å². The second-order valence-electron chi connectivity index (χ2n) is 5.45. The highest BCUT2D eigenvalue weighted by Crippen LogP contribution is 2.30. The molecule has 0 radical (unpaired) electrons. The summed E-state index contributed by atoms with van der Waals surface area (Å²) in [6.07, 6.45) is 5.53. The molecule has 0 saturated heterocycles. The van der Waals surface area contributed by atoms with Crippen molar-refractivity contribution < 1.29 is 4.74 Å². The van der Waals surface area contributed by atoms with E-state index >= 15 is 0 Å². The van der Waals surface area contributed by atoms with Crippen molar-refractivity contribution >= 4 is 5.69 Å². The van der Waals surface area contributed by atoms with E-state index in [0.717, 1.165) is 36.4 Å². The van der Waals surface area contributed by atoms with Gasteiger partial charge in [-0.05, 0) is 43.7 Å². The first kappa shape index (κ1) is 13.3. The molecule has 0 aliphatic heterocycles. The van der Waals surface area contributed by atoms with Gasteiger partial charge in [0.2, 0.25) is 0 Å². The van der Waals surface area contributed by atoms with Crippen molar-refractivity contribution in [1.82, 2.24) is 0 Å². The molecule has 1 aliphatic rings. The highest BCUT2D eigenvalue weighted by atomic mass is 16.5. The smallest absolute Gasteiger partial charge is 0.142 e. The molecule has 0 amide bonds. The first-order chi connectivity index (χ1) is 8.79. The van der Waals surface area contributed by atoms with Crippen LogP contribution in [0.2, 0.25) is 0 Å². The van der Waals surface area contributed by atoms with Crippen LogP contribution in [0, 0.1) is 11.8 Å². The van der Waals surface area contributed by atoms with Crippen LogP contribution in [0.15, 0.2) is 24.3 Å². The molecule has 1 saturated carbocycles. The number of benzene rings is 1. The molecule has 18 heavy (non-hydrogen) atoms. The molecule has 2 rings (SSSR count). The summed E-state index contributed by atoms with van der Waals surface area (Å²) in [5.74, 6) is 2.69. The maximum absolute atomic E-state index is 5.64. The topological polar surface area (TPSA) is 21.3 Å². The molecule has 0 spiro atoms. The van der Waals surface area contributed by atoms with Gasteiger partial charge in [-0.15, -0.1) is 0 Å². The summed E-state index contributed by atoms with van der Waals surface area (Å²) >= 11 is 0. The molecular formula is C16H25NO. The maximum atomic E-state index is 5.64. The third-order valence-electron chi connectivity index (χ3n) is 3.81. The SMILES string of the molecule is CCOc1ccccc1NCC1CCCC(C)C1. The van der Waals surface area contributed by atoms with Crippen molar-refractivity contribution in [3.8, 4) is 5.75 Å². The van der Waals surface area contributed by atoms with Crippen LogP contribution in [-0.2, 0) is 0 Å². The number of anilines is 1. The van der Waals surface area contributed by atoms with E-state index in [1.165, 1.54) is 25.7 Å². The highest BCUT2D eigenvalue weighted by molar-refractivity contribution is 5.56. The minimum atomic E-state index is 0.721. The lowest BCUT2D eigenvalue weighted by Crippen LogP contribution is -2.21. The first-order valence-corrected chi connectivity index (χ1v) is 7.25. The molecule has 0 aromatic heterocycles. The van der Waals surface area contributed by atoms with Crippen molar-refractivity contribution in [3.63, 3.8) is 0 Å². The summed E-state index contributed by atoms with van der Waals surface area (Å²) in [6, 6.07) is 8.24. The summed E-state index contributed by atoms with van der Waals surface area (Å²) in [4.78, 5) is 0. The Bertz CT molecular complexity index is 364. The Morgan fingerprint density at radius 2 is 2.11 bits per heavy atom. The van der Waals surface area contributed by atoms with Gasteiger partial charge in [-0.2, -0.15) is 0 Å². The lowest BCUT2D eigenvalue weighted by Gasteiger charge is -2.27. The van der Waals surface area contributed by atoms with Crippen molar-refractivity contribution in [2.45, 2.75) is 39.5 Å². The molecular weight excluding hydrogens is 222 g/mol. The van der Waals surface area contributed by atoms with Crippen LogP contribution in [0.4, 0.5) is 5.69 Å². The molecule has 1 fully saturated rings. The normalized spacial score (nSPS) is 23.7. The van der Waals surface area contributed by atoms with Crippen LogP contribution in [0.1, 0.15) is 39.5 Å². The van der Waals surface area contributed by atoms with Gasteiger partial charge in [0.15, 0.2) is 0 Å². The zero-order chi connectivity index (χ0) is 12.8. The molecule has 0 bridgehead atoms. The van der Waals surface area contributed by atoms with Crippen molar-refractivity contribution in [2.24, 2.45) is 11.8 Å². The van der Waals surface area contributed by atoms with Crippen LogP contribution in [0.3, 0.4) is 0 Å². The molecule has 2 atom stereocenters. The Balaban J connectivity index is 1.89. The average Bonchev–Trinajstić information content (AvgIpc) is 2.38. The number of para-hydroxylation sites is 2. The van der Waals surface area contributed by atoms with E-state index in [0.29, 0.717) is 0 Å². The van der Waals surface area contributed by atoms with E-state index in [4.69, 9.17) is 4.74 Å². The molecule has 1 aromatic rings. The van der Waals surface area contributed by atoms with Crippen LogP contribution >= 0.6 is 0 Å².